The van der Waals surface area contributed by atoms with Crippen molar-refractivity contribution in [2.75, 3.05) is 20.3 Å². The Labute approximate surface area is 103 Å². The van der Waals surface area contributed by atoms with Gasteiger partial charge in [0, 0.05) is 18.7 Å². The second-order valence-corrected chi connectivity index (χ2v) is 2.96. The minimum absolute atomic E-state index is 0.0519. The van der Waals surface area contributed by atoms with Crippen LogP contribution in [-0.2, 0) is 28.7 Å². The van der Waals surface area contributed by atoms with E-state index < -0.39 is 30.4 Å². The van der Waals surface area contributed by atoms with Crippen LogP contribution in [0.4, 0.5) is 0 Å². The van der Waals surface area contributed by atoms with Gasteiger partial charge >= 0.3 is 17.9 Å². The van der Waals surface area contributed by atoms with Crippen molar-refractivity contribution in [1.82, 2.24) is 5.32 Å². The van der Waals surface area contributed by atoms with Gasteiger partial charge in [0.1, 0.15) is 0 Å². The zero-order chi connectivity index (χ0) is 14.0. The number of rotatable bonds is 7. The first kappa shape index (κ1) is 15.6. The molecule has 18 heavy (non-hydrogen) atoms. The lowest BCUT2D eigenvalue weighted by atomic mass is 10.4. The summed E-state index contributed by atoms with van der Waals surface area (Å²) in [5, 5.41) is 10.5. The van der Waals surface area contributed by atoms with Gasteiger partial charge in [-0.25, -0.2) is 9.59 Å². The number of carboxylic acid groups (broad SMARTS) is 1. The number of esters is 2. The number of amides is 1. The topological polar surface area (TPSA) is 119 Å². The van der Waals surface area contributed by atoms with Crippen LogP contribution in [0.5, 0.6) is 0 Å². The van der Waals surface area contributed by atoms with Crippen LogP contribution in [0.25, 0.3) is 0 Å². The van der Waals surface area contributed by atoms with Crippen molar-refractivity contribution in [2.24, 2.45) is 0 Å². The molecule has 100 valence electrons. The summed E-state index contributed by atoms with van der Waals surface area (Å²) in [5.41, 5.74) is 0. The zero-order valence-electron chi connectivity index (χ0n) is 9.67. The number of aliphatic carboxylic acids is 1. The first-order valence-corrected chi connectivity index (χ1v) is 4.87. The lowest BCUT2D eigenvalue weighted by Crippen LogP contribution is -2.30. The van der Waals surface area contributed by atoms with Crippen molar-refractivity contribution in [2.45, 2.75) is 6.42 Å². The number of nitrogens with one attached hydrogen (secondary N) is 1. The summed E-state index contributed by atoms with van der Waals surface area (Å²) < 4.78 is 8.70. The number of carbonyl (C=O) groups excluding carboxylic acids is 3. The van der Waals surface area contributed by atoms with E-state index in [2.05, 4.69) is 14.8 Å². The molecule has 0 bridgehead atoms. The summed E-state index contributed by atoms with van der Waals surface area (Å²) in [6.45, 7) is -0.603. The Hall–Kier alpha value is -2.38. The van der Waals surface area contributed by atoms with Gasteiger partial charge in [-0.15, -0.1) is 0 Å². The lowest BCUT2D eigenvalue weighted by molar-refractivity contribution is -0.144. The maximum atomic E-state index is 11.0. The monoisotopic (exact) mass is 259 g/mol. The van der Waals surface area contributed by atoms with Crippen LogP contribution in [0, 0.1) is 0 Å². The molecule has 0 atom stereocenters. The molecular weight excluding hydrogens is 246 g/mol. The molecule has 0 aromatic carbocycles. The van der Waals surface area contributed by atoms with Gasteiger partial charge in [0.05, 0.1) is 13.5 Å². The van der Waals surface area contributed by atoms with E-state index in [4.69, 9.17) is 5.11 Å². The average molecular weight is 259 g/mol. The van der Waals surface area contributed by atoms with Crippen molar-refractivity contribution < 1.29 is 33.8 Å². The molecule has 0 aliphatic carbocycles. The Morgan fingerprint density at radius 3 is 2.33 bits per heavy atom. The van der Waals surface area contributed by atoms with E-state index >= 15 is 0 Å². The van der Waals surface area contributed by atoms with Crippen molar-refractivity contribution in [3.63, 3.8) is 0 Å². The Kier molecular flexibility index (Phi) is 7.58. The van der Waals surface area contributed by atoms with E-state index in [1.807, 2.05) is 0 Å². The van der Waals surface area contributed by atoms with Gasteiger partial charge in [-0.3, -0.25) is 9.59 Å². The minimum atomic E-state index is -1.05. The molecule has 8 nitrogen and oxygen atoms in total. The Balaban J connectivity index is 3.78. The smallest absolute Gasteiger partial charge is 0.331 e. The third-order valence-corrected chi connectivity index (χ3v) is 1.56. The van der Waals surface area contributed by atoms with Crippen LogP contribution in [0.3, 0.4) is 0 Å². The standard InChI is InChI=1S/C10H13NO7/c1-17-9(15)2-3-10(16)18-6-7(12)11-5-4-8(13)14/h2-3H,4-6H2,1H3,(H,11,12)(H,13,14). The predicted octanol–water partition coefficient (Wildman–Crippen LogP) is -1.15. The van der Waals surface area contributed by atoms with Crippen molar-refractivity contribution in [3.8, 4) is 0 Å². The van der Waals surface area contributed by atoms with Crippen molar-refractivity contribution >= 4 is 23.8 Å². The fourth-order valence-corrected chi connectivity index (χ4v) is 0.749. The number of carbonyl (C=O) groups is 4. The molecule has 0 unspecified atom stereocenters. The summed E-state index contributed by atoms with van der Waals surface area (Å²) in [6.07, 6.45) is 1.45. The van der Waals surface area contributed by atoms with Gasteiger partial charge in [0.15, 0.2) is 6.61 Å². The van der Waals surface area contributed by atoms with E-state index in [0.717, 1.165) is 19.3 Å². The zero-order valence-corrected chi connectivity index (χ0v) is 9.67. The molecule has 0 aliphatic heterocycles. The molecule has 0 aromatic heterocycles. The molecular formula is C10H13NO7. The summed E-state index contributed by atoms with van der Waals surface area (Å²) in [5.74, 6) is -3.28. The predicted molar refractivity (Wildman–Crippen MR) is 57.4 cm³/mol. The number of methoxy groups -OCH3 is 1. The molecule has 0 spiro atoms. The van der Waals surface area contributed by atoms with E-state index in [-0.39, 0.29) is 13.0 Å². The van der Waals surface area contributed by atoms with E-state index in [1.54, 1.807) is 0 Å². The average Bonchev–Trinajstić information content (AvgIpc) is 2.32. The number of ether oxygens (including phenoxy) is 2. The van der Waals surface area contributed by atoms with E-state index in [0.29, 0.717) is 0 Å². The largest absolute Gasteiger partial charge is 0.481 e. The van der Waals surface area contributed by atoms with Crippen LogP contribution in [0.1, 0.15) is 6.42 Å². The van der Waals surface area contributed by atoms with Crippen molar-refractivity contribution in [1.29, 1.82) is 0 Å². The van der Waals surface area contributed by atoms with E-state index in [1.165, 1.54) is 0 Å². The van der Waals surface area contributed by atoms with Crippen LogP contribution in [-0.4, -0.2) is 49.2 Å². The first-order valence-electron chi connectivity index (χ1n) is 4.87. The molecule has 0 radical (unpaired) electrons. The third-order valence-electron chi connectivity index (χ3n) is 1.56. The van der Waals surface area contributed by atoms with Gasteiger partial charge in [-0.1, -0.05) is 0 Å². The van der Waals surface area contributed by atoms with Gasteiger partial charge in [0.25, 0.3) is 5.91 Å². The maximum absolute atomic E-state index is 11.0. The Morgan fingerprint density at radius 1 is 1.17 bits per heavy atom. The highest BCUT2D eigenvalue weighted by molar-refractivity contribution is 5.92. The minimum Gasteiger partial charge on any atom is -0.481 e. The van der Waals surface area contributed by atoms with Crippen LogP contribution in [0.2, 0.25) is 0 Å². The van der Waals surface area contributed by atoms with Gasteiger partial charge in [-0.2, -0.15) is 0 Å². The molecule has 0 aliphatic rings. The van der Waals surface area contributed by atoms with E-state index in [9.17, 15) is 19.2 Å². The van der Waals surface area contributed by atoms with Crippen LogP contribution < -0.4 is 5.32 Å². The number of hydrogen-bond acceptors (Lipinski definition) is 6. The number of carboxylic acids is 1. The molecule has 1 amide bonds. The summed E-state index contributed by atoms with van der Waals surface area (Å²) >= 11 is 0. The quantitative estimate of drug-likeness (QED) is 0.437. The second-order valence-electron chi connectivity index (χ2n) is 2.96. The molecule has 0 heterocycles. The van der Waals surface area contributed by atoms with Crippen LogP contribution in [0.15, 0.2) is 12.2 Å². The van der Waals surface area contributed by atoms with Gasteiger partial charge in [0.2, 0.25) is 0 Å². The first-order chi connectivity index (χ1) is 8.45. The Bertz CT molecular complexity index is 361. The van der Waals surface area contributed by atoms with Gasteiger partial charge in [-0.05, 0) is 0 Å². The molecule has 0 fully saturated rings. The SMILES string of the molecule is COC(=O)C=CC(=O)OCC(=O)NCCC(=O)O. The molecule has 0 aromatic rings. The van der Waals surface area contributed by atoms with Gasteiger partial charge < -0.3 is 19.9 Å². The molecule has 2 N–H and O–H groups in total. The molecule has 0 saturated carbocycles. The molecule has 0 saturated heterocycles. The second kappa shape index (κ2) is 8.74. The van der Waals surface area contributed by atoms with Crippen molar-refractivity contribution in [3.05, 3.63) is 12.2 Å². The Morgan fingerprint density at radius 2 is 1.78 bits per heavy atom. The molecule has 0 rings (SSSR count). The highest BCUT2D eigenvalue weighted by Gasteiger charge is 2.06. The fraction of sp³-hybridized carbons (Fsp3) is 0.400. The summed E-state index contributed by atoms with van der Waals surface area (Å²) in [4.78, 5) is 42.7. The molecule has 8 heteroatoms. The maximum Gasteiger partial charge on any atom is 0.331 e. The third kappa shape index (κ3) is 8.89. The van der Waals surface area contributed by atoms with Crippen LogP contribution >= 0.6 is 0 Å². The highest BCUT2D eigenvalue weighted by Crippen LogP contribution is 1.85. The summed E-state index contributed by atoms with van der Waals surface area (Å²) in [7, 11) is 1.15. The lowest BCUT2D eigenvalue weighted by Gasteiger charge is -2.03. The number of hydrogen-bond donors (Lipinski definition) is 2. The fourth-order valence-electron chi connectivity index (χ4n) is 0.749. The normalized spacial score (nSPS) is 9.83. The summed E-state index contributed by atoms with van der Waals surface area (Å²) in [6, 6.07) is 0. The highest BCUT2D eigenvalue weighted by atomic mass is 16.5.